The van der Waals surface area contributed by atoms with Crippen LogP contribution in [0.1, 0.15) is 21.5 Å². The van der Waals surface area contributed by atoms with Crippen LogP contribution in [0.5, 0.6) is 0 Å². The lowest BCUT2D eigenvalue weighted by molar-refractivity contribution is -0.267. The maximum absolute atomic E-state index is 13.8. The zero-order valence-corrected chi connectivity index (χ0v) is 13.3. The van der Waals surface area contributed by atoms with Gasteiger partial charge in [-0.15, -0.1) is 0 Å². The smallest absolute Gasteiger partial charge is 0.433 e. The van der Waals surface area contributed by atoms with E-state index in [1.807, 2.05) is 22.6 Å². The van der Waals surface area contributed by atoms with E-state index in [9.17, 15) is 18.0 Å². The summed E-state index contributed by atoms with van der Waals surface area (Å²) in [6, 6.07) is 12.1. The molecule has 114 valence electrons. The van der Waals surface area contributed by atoms with E-state index in [0.29, 0.717) is 5.56 Å². The van der Waals surface area contributed by atoms with Gasteiger partial charge in [-0.1, -0.05) is 36.4 Å². The largest absolute Gasteiger partial charge is 0.440 e. The lowest BCUT2D eigenvalue weighted by atomic mass is 9.82. The number of ether oxygens (including phenoxy) is 1. The maximum atomic E-state index is 13.8. The number of benzene rings is 2. The van der Waals surface area contributed by atoms with E-state index >= 15 is 0 Å². The van der Waals surface area contributed by atoms with Crippen LogP contribution in [0.3, 0.4) is 0 Å². The van der Waals surface area contributed by atoms with Crippen LogP contribution in [0.4, 0.5) is 13.2 Å². The first-order chi connectivity index (χ1) is 10.3. The number of fused-ring (bicyclic) bond motifs is 1. The van der Waals surface area contributed by atoms with Crippen molar-refractivity contribution < 1.29 is 22.7 Å². The third-order valence-electron chi connectivity index (χ3n) is 3.70. The highest BCUT2D eigenvalue weighted by atomic mass is 127. The molecule has 0 radical (unpaired) electrons. The molecule has 6 heteroatoms. The average molecular weight is 418 g/mol. The molecule has 2 aromatic carbocycles. The van der Waals surface area contributed by atoms with Gasteiger partial charge >= 0.3 is 12.1 Å². The minimum Gasteiger partial charge on any atom is -0.440 e. The van der Waals surface area contributed by atoms with E-state index in [4.69, 9.17) is 4.74 Å². The van der Waals surface area contributed by atoms with Gasteiger partial charge in [0.15, 0.2) is 0 Å². The Kier molecular flexibility index (Phi) is 3.66. The van der Waals surface area contributed by atoms with Crippen LogP contribution in [0.25, 0.3) is 0 Å². The van der Waals surface area contributed by atoms with E-state index in [0.717, 1.165) is 3.57 Å². The van der Waals surface area contributed by atoms with E-state index in [1.165, 1.54) is 24.3 Å². The summed E-state index contributed by atoms with van der Waals surface area (Å²) in [5.74, 6) is -0.944. The molecule has 0 bridgehead atoms. The van der Waals surface area contributed by atoms with Crippen molar-refractivity contribution in [2.24, 2.45) is 0 Å². The number of esters is 1. The number of alkyl halides is 3. The van der Waals surface area contributed by atoms with Crippen molar-refractivity contribution in [1.29, 1.82) is 0 Å². The van der Waals surface area contributed by atoms with Crippen LogP contribution in [-0.4, -0.2) is 12.1 Å². The van der Waals surface area contributed by atoms with Crippen molar-refractivity contribution in [3.63, 3.8) is 0 Å². The first-order valence-corrected chi connectivity index (χ1v) is 7.55. The molecule has 0 N–H and O–H groups in total. The summed E-state index contributed by atoms with van der Waals surface area (Å²) < 4.78 is 47.0. The number of hydrogen-bond donors (Lipinski definition) is 0. The zero-order valence-electron chi connectivity index (χ0n) is 11.2. The molecule has 1 aliphatic heterocycles. The first kappa shape index (κ1) is 15.3. The summed E-state index contributed by atoms with van der Waals surface area (Å²) in [5.41, 5.74) is -2.16. The molecule has 3 rings (SSSR count). The highest BCUT2D eigenvalue weighted by Crippen LogP contribution is 2.47. The molecular formula is C16H10F3IO2. The molecule has 2 aromatic rings. The van der Waals surface area contributed by atoms with Crippen molar-refractivity contribution in [3.8, 4) is 0 Å². The standard InChI is InChI=1S/C16H10F3IO2/c17-16(18,19)15(11-4-2-1-3-5-11)9-10-6-7-12(20)8-13(10)14(21)22-15/h1-8H,9H2. The van der Waals surface area contributed by atoms with Crippen molar-refractivity contribution in [2.75, 3.05) is 0 Å². The van der Waals surface area contributed by atoms with E-state index in [-0.39, 0.29) is 11.1 Å². The van der Waals surface area contributed by atoms with Crippen LogP contribution >= 0.6 is 22.6 Å². The van der Waals surface area contributed by atoms with Crippen molar-refractivity contribution >= 4 is 28.6 Å². The van der Waals surface area contributed by atoms with E-state index in [1.54, 1.807) is 24.3 Å². The fraction of sp³-hybridized carbons (Fsp3) is 0.188. The molecule has 1 atom stereocenters. The molecule has 22 heavy (non-hydrogen) atoms. The minimum absolute atomic E-state index is 0.0694. The average Bonchev–Trinajstić information content (AvgIpc) is 2.47. The van der Waals surface area contributed by atoms with E-state index in [2.05, 4.69) is 0 Å². The predicted molar refractivity (Wildman–Crippen MR) is 82.5 cm³/mol. The highest BCUT2D eigenvalue weighted by molar-refractivity contribution is 14.1. The molecule has 0 aliphatic carbocycles. The molecule has 1 unspecified atom stereocenters. The molecule has 0 saturated heterocycles. The second-order valence-electron chi connectivity index (χ2n) is 5.06. The van der Waals surface area contributed by atoms with Crippen molar-refractivity contribution in [1.82, 2.24) is 0 Å². The fourth-order valence-electron chi connectivity index (χ4n) is 2.60. The number of rotatable bonds is 1. The third-order valence-corrected chi connectivity index (χ3v) is 4.37. The van der Waals surface area contributed by atoms with Gasteiger partial charge in [0.2, 0.25) is 5.60 Å². The number of carbonyl (C=O) groups excluding carboxylic acids is 1. The Morgan fingerprint density at radius 1 is 1.09 bits per heavy atom. The van der Waals surface area contributed by atoms with Crippen LogP contribution in [0, 0.1) is 3.57 Å². The van der Waals surface area contributed by atoms with Crippen LogP contribution in [-0.2, 0) is 16.8 Å². The van der Waals surface area contributed by atoms with Gasteiger partial charge in [0.1, 0.15) is 0 Å². The second kappa shape index (κ2) is 5.26. The Hall–Kier alpha value is -1.57. The first-order valence-electron chi connectivity index (χ1n) is 6.47. The van der Waals surface area contributed by atoms with Crippen molar-refractivity contribution in [2.45, 2.75) is 18.2 Å². The Balaban J connectivity index is 2.18. The summed E-state index contributed by atoms with van der Waals surface area (Å²) in [6.07, 6.45) is -5.12. The van der Waals surface area contributed by atoms with Crippen LogP contribution in [0.2, 0.25) is 0 Å². The van der Waals surface area contributed by atoms with Gasteiger partial charge in [0, 0.05) is 15.6 Å². The summed E-state index contributed by atoms with van der Waals surface area (Å²) in [5, 5.41) is 0. The summed E-state index contributed by atoms with van der Waals surface area (Å²) >= 11 is 2.00. The monoisotopic (exact) mass is 418 g/mol. The topological polar surface area (TPSA) is 26.3 Å². The Labute approximate surface area is 138 Å². The van der Waals surface area contributed by atoms with Gasteiger partial charge in [-0.2, -0.15) is 13.2 Å². The van der Waals surface area contributed by atoms with Gasteiger partial charge in [-0.05, 0) is 40.3 Å². The fourth-order valence-corrected chi connectivity index (χ4v) is 3.09. The Bertz CT molecular complexity index is 728. The molecule has 0 spiro atoms. The highest BCUT2D eigenvalue weighted by Gasteiger charge is 2.61. The van der Waals surface area contributed by atoms with Gasteiger partial charge in [-0.3, -0.25) is 0 Å². The van der Waals surface area contributed by atoms with Crippen molar-refractivity contribution in [3.05, 3.63) is 68.8 Å². The van der Waals surface area contributed by atoms with Crippen LogP contribution < -0.4 is 0 Å². The van der Waals surface area contributed by atoms with Gasteiger partial charge < -0.3 is 4.74 Å². The van der Waals surface area contributed by atoms with Gasteiger partial charge in [-0.25, -0.2) is 4.79 Å². The summed E-state index contributed by atoms with van der Waals surface area (Å²) in [7, 11) is 0. The van der Waals surface area contributed by atoms with Crippen LogP contribution in [0.15, 0.2) is 48.5 Å². The number of cyclic esters (lactones) is 1. The normalized spacial score (nSPS) is 21.2. The molecule has 0 amide bonds. The van der Waals surface area contributed by atoms with E-state index < -0.39 is 24.2 Å². The molecule has 0 fully saturated rings. The Morgan fingerprint density at radius 2 is 1.77 bits per heavy atom. The number of hydrogen-bond acceptors (Lipinski definition) is 2. The number of halogens is 4. The summed E-state index contributed by atoms with van der Waals surface area (Å²) in [4.78, 5) is 12.1. The molecule has 2 nitrogen and oxygen atoms in total. The lowest BCUT2D eigenvalue weighted by Crippen LogP contribution is -2.50. The van der Waals surface area contributed by atoms with Gasteiger partial charge in [0.05, 0.1) is 5.56 Å². The quantitative estimate of drug-likeness (QED) is 0.505. The molecule has 1 aliphatic rings. The molecular weight excluding hydrogens is 408 g/mol. The third kappa shape index (κ3) is 2.39. The molecule has 0 saturated carbocycles. The molecule has 0 aromatic heterocycles. The SMILES string of the molecule is O=C1OC(c2ccccc2)(C(F)(F)F)Cc2ccc(I)cc21. The summed E-state index contributed by atoms with van der Waals surface area (Å²) in [6.45, 7) is 0. The molecule has 1 heterocycles. The predicted octanol–water partition coefficient (Wildman–Crippen LogP) is 4.46. The second-order valence-corrected chi connectivity index (χ2v) is 6.30. The number of carbonyl (C=O) groups is 1. The lowest BCUT2D eigenvalue weighted by Gasteiger charge is -2.39. The maximum Gasteiger partial charge on any atom is 0.433 e. The van der Waals surface area contributed by atoms with Gasteiger partial charge in [0.25, 0.3) is 0 Å². The zero-order chi connectivity index (χ0) is 16.0. The Morgan fingerprint density at radius 3 is 2.41 bits per heavy atom. The minimum atomic E-state index is -4.70.